The van der Waals surface area contributed by atoms with Crippen LogP contribution in [0.25, 0.3) is 11.1 Å². The van der Waals surface area contributed by atoms with E-state index in [2.05, 4.69) is 62.4 Å². The van der Waals surface area contributed by atoms with Crippen LogP contribution in [0.3, 0.4) is 0 Å². The first kappa shape index (κ1) is 13.3. The fourth-order valence-electron chi connectivity index (χ4n) is 4.70. The van der Waals surface area contributed by atoms with Gasteiger partial charge in [-0.1, -0.05) is 0 Å². The molecule has 1 heteroatoms. The first-order valence-corrected chi connectivity index (χ1v) is 9.21. The fraction of sp³-hybridized carbons (Fsp3) is 0.238. The molecule has 105 valence electrons. The summed E-state index contributed by atoms with van der Waals surface area (Å²) in [6.45, 7) is 4.79. The van der Waals surface area contributed by atoms with Crippen molar-refractivity contribution in [2.24, 2.45) is 5.41 Å². The van der Waals surface area contributed by atoms with Crippen molar-refractivity contribution in [1.29, 1.82) is 0 Å². The van der Waals surface area contributed by atoms with E-state index < -0.39 is 0 Å². The Kier molecular flexibility index (Phi) is 2.53. The molecule has 0 heterocycles. The molecule has 0 radical (unpaired) electrons. The van der Waals surface area contributed by atoms with Gasteiger partial charge < -0.3 is 0 Å². The van der Waals surface area contributed by atoms with Crippen molar-refractivity contribution in [1.82, 2.24) is 0 Å². The van der Waals surface area contributed by atoms with Crippen molar-refractivity contribution in [3.63, 3.8) is 0 Å². The molecule has 0 nitrogen and oxygen atoms in total. The number of hydrogen-bond donors (Lipinski definition) is 0. The first-order valence-electron chi connectivity index (χ1n) is 7.98. The molecule has 0 aliphatic heterocycles. The van der Waals surface area contributed by atoms with Gasteiger partial charge in [-0.25, -0.2) is 0 Å². The van der Waals surface area contributed by atoms with Gasteiger partial charge in [0.05, 0.1) is 0 Å². The SMILES string of the molecule is CC1(C)C2=[C]([Zr])CC(C3c4ccccc4-c4ccccc43)=C21. The van der Waals surface area contributed by atoms with Crippen LogP contribution in [0.15, 0.2) is 68.5 Å². The molecule has 3 aliphatic carbocycles. The monoisotopic (exact) mass is 359 g/mol. The molecule has 5 rings (SSSR count). The molecule has 3 aliphatic rings. The summed E-state index contributed by atoms with van der Waals surface area (Å²) in [5.74, 6) is 0.483. The van der Waals surface area contributed by atoms with Gasteiger partial charge in [-0.05, 0) is 0 Å². The summed E-state index contributed by atoms with van der Waals surface area (Å²) in [6, 6.07) is 18.0. The van der Waals surface area contributed by atoms with Gasteiger partial charge in [-0.2, -0.15) is 0 Å². The van der Waals surface area contributed by atoms with E-state index in [0.29, 0.717) is 11.3 Å². The van der Waals surface area contributed by atoms with Crippen LogP contribution in [0.5, 0.6) is 0 Å². The quantitative estimate of drug-likeness (QED) is 0.644. The summed E-state index contributed by atoms with van der Waals surface area (Å²) in [4.78, 5) is 0. The Morgan fingerprint density at radius 2 is 1.41 bits per heavy atom. The number of benzene rings is 2. The predicted octanol–water partition coefficient (Wildman–Crippen LogP) is 5.34. The predicted molar refractivity (Wildman–Crippen MR) is 86.2 cm³/mol. The third kappa shape index (κ3) is 1.51. The summed E-state index contributed by atoms with van der Waals surface area (Å²) in [6.07, 6.45) is 1.21. The van der Waals surface area contributed by atoms with Gasteiger partial charge in [-0.3, -0.25) is 0 Å². The van der Waals surface area contributed by atoms with Gasteiger partial charge in [0.1, 0.15) is 0 Å². The molecule has 0 N–H and O–H groups in total. The summed E-state index contributed by atoms with van der Waals surface area (Å²) in [5.41, 5.74) is 11.3. The zero-order chi connectivity index (χ0) is 15.1. The van der Waals surface area contributed by atoms with Gasteiger partial charge in [0.25, 0.3) is 0 Å². The van der Waals surface area contributed by atoms with E-state index in [9.17, 15) is 0 Å². The molecule has 1 fully saturated rings. The Morgan fingerprint density at radius 1 is 0.864 bits per heavy atom. The molecule has 0 spiro atoms. The van der Waals surface area contributed by atoms with Gasteiger partial charge in [0, 0.05) is 0 Å². The Balaban J connectivity index is 1.76. The number of allylic oxidation sites excluding steroid dienone is 4. The maximum absolute atomic E-state index is 2.40. The van der Waals surface area contributed by atoms with Crippen LogP contribution in [-0.2, 0) is 24.7 Å². The molecule has 2 aromatic rings. The van der Waals surface area contributed by atoms with E-state index in [1.165, 1.54) is 28.7 Å². The molecule has 2 aromatic carbocycles. The normalized spacial score (nSPS) is 21.0. The molecule has 0 unspecified atom stereocenters. The van der Waals surface area contributed by atoms with Gasteiger partial charge >= 0.3 is 147 Å². The summed E-state index contributed by atoms with van der Waals surface area (Å²) in [5, 5.41) is 0. The van der Waals surface area contributed by atoms with Crippen LogP contribution in [0.1, 0.15) is 37.3 Å². The second-order valence-electron chi connectivity index (χ2n) is 7.16. The zero-order valence-electron chi connectivity index (χ0n) is 12.9. The van der Waals surface area contributed by atoms with Gasteiger partial charge in [0.15, 0.2) is 0 Å². The minimum absolute atomic E-state index is 0.346. The Morgan fingerprint density at radius 3 is 1.91 bits per heavy atom. The second-order valence-corrected chi connectivity index (χ2v) is 8.65. The summed E-state index contributed by atoms with van der Waals surface area (Å²) >= 11 is 1.60. The second kappa shape index (κ2) is 4.21. The van der Waals surface area contributed by atoms with E-state index in [1.54, 1.807) is 44.7 Å². The van der Waals surface area contributed by atoms with Crippen molar-refractivity contribution in [2.45, 2.75) is 26.2 Å². The average molecular weight is 361 g/mol. The third-order valence-corrected chi connectivity index (χ3v) is 6.66. The van der Waals surface area contributed by atoms with Crippen molar-refractivity contribution in [3.05, 3.63) is 79.7 Å². The molecule has 0 atom stereocenters. The molecule has 22 heavy (non-hydrogen) atoms. The van der Waals surface area contributed by atoms with Crippen LogP contribution in [0.2, 0.25) is 0 Å². The van der Waals surface area contributed by atoms with Crippen LogP contribution in [-0.4, -0.2) is 0 Å². The standard InChI is InChI=1S/C21H17.Zr/c1-21(2)18-12-11-17(20(18)21)19-15-9-5-3-7-13(15)14-8-4-6-10-16(14)19;/h3-10,19H,11H2,1-2H3;. The average Bonchev–Trinajstić information content (AvgIpc) is 2.82. The fourth-order valence-corrected chi connectivity index (χ4v) is 6.25. The van der Waals surface area contributed by atoms with E-state index >= 15 is 0 Å². The topological polar surface area (TPSA) is 0 Å². The Labute approximate surface area is 146 Å². The minimum atomic E-state index is 0.346. The molecular weight excluding hydrogens is 343 g/mol. The Hall–Kier alpha value is -1.20. The van der Waals surface area contributed by atoms with Crippen molar-refractivity contribution >= 4 is 0 Å². The molecule has 0 aromatic heterocycles. The number of hydrogen-bond acceptors (Lipinski definition) is 0. The van der Waals surface area contributed by atoms with Gasteiger partial charge in [0.2, 0.25) is 0 Å². The molecule has 0 saturated heterocycles. The molecular formula is C21H17Zr. The van der Waals surface area contributed by atoms with E-state index in [4.69, 9.17) is 0 Å². The van der Waals surface area contributed by atoms with Crippen LogP contribution in [0.4, 0.5) is 0 Å². The van der Waals surface area contributed by atoms with Gasteiger partial charge in [-0.15, -0.1) is 0 Å². The number of rotatable bonds is 1. The van der Waals surface area contributed by atoms with Crippen molar-refractivity contribution in [3.8, 4) is 11.1 Å². The summed E-state index contributed by atoms with van der Waals surface area (Å²) < 4.78 is 1.68. The zero-order valence-corrected chi connectivity index (χ0v) is 15.4. The molecule has 0 amide bonds. The Bertz CT molecular complexity index is 850. The maximum atomic E-state index is 2.40. The molecule has 1 saturated carbocycles. The molecule has 0 bridgehead atoms. The van der Waals surface area contributed by atoms with Crippen LogP contribution >= 0.6 is 0 Å². The van der Waals surface area contributed by atoms with Crippen molar-refractivity contribution < 1.29 is 24.7 Å². The number of fused-ring (bicyclic) bond motifs is 4. The van der Waals surface area contributed by atoms with E-state index in [0.717, 1.165) is 0 Å². The third-order valence-electron chi connectivity index (χ3n) is 5.61. The van der Waals surface area contributed by atoms with E-state index in [-0.39, 0.29) is 0 Å². The summed E-state index contributed by atoms with van der Waals surface area (Å²) in [7, 11) is 0. The van der Waals surface area contributed by atoms with Crippen molar-refractivity contribution in [2.75, 3.05) is 0 Å². The first-order chi connectivity index (χ1) is 10.6. The van der Waals surface area contributed by atoms with Crippen LogP contribution in [0, 0.1) is 5.41 Å². The van der Waals surface area contributed by atoms with E-state index in [1.807, 2.05) is 0 Å². The van der Waals surface area contributed by atoms with Crippen LogP contribution < -0.4 is 0 Å².